The Balaban J connectivity index is 1.70. The van der Waals surface area contributed by atoms with E-state index in [-0.39, 0.29) is 11.9 Å². The molecule has 2 aliphatic carbocycles. The molecule has 26 heavy (non-hydrogen) atoms. The van der Waals surface area contributed by atoms with E-state index in [4.69, 9.17) is 9.47 Å². The van der Waals surface area contributed by atoms with Gasteiger partial charge in [0.2, 0.25) is 0 Å². The molecule has 0 spiro atoms. The highest BCUT2D eigenvalue weighted by atomic mass is 16.5. The van der Waals surface area contributed by atoms with Gasteiger partial charge in [-0.1, -0.05) is 12.8 Å². The first-order valence-electron chi connectivity index (χ1n) is 9.81. The van der Waals surface area contributed by atoms with Crippen molar-refractivity contribution in [2.24, 2.45) is 0 Å². The number of ether oxygens (including phenoxy) is 2. The van der Waals surface area contributed by atoms with Crippen molar-refractivity contribution in [1.82, 2.24) is 5.32 Å². The summed E-state index contributed by atoms with van der Waals surface area (Å²) < 4.78 is 11.3. The monoisotopic (exact) mass is 359 g/mol. The predicted molar refractivity (Wildman–Crippen MR) is 99.4 cm³/mol. The zero-order chi connectivity index (χ0) is 18.6. The number of esters is 1. The molecule has 0 saturated heterocycles. The van der Waals surface area contributed by atoms with Crippen LogP contribution in [0.3, 0.4) is 0 Å². The van der Waals surface area contributed by atoms with Gasteiger partial charge in [-0.3, -0.25) is 4.79 Å². The minimum absolute atomic E-state index is 0.226. The van der Waals surface area contributed by atoms with Gasteiger partial charge in [-0.15, -0.1) is 0 Å². The normalized spacial score (nSPS) is 19.3. The van der Waals surface area contributed by atoms with Gasteiger partial charge in [0.05, 0.1) is 12.7 Å². The molecule has 2 fully saturated rings. The maximum Gasteiger partial charge on any atom is 0.331 e. The van der Waals surface area contributed by atoms with Crippen molar-refractivity contribution < 1.29 is 19.1 Å². The molecule has 0 aliphatic heterocycles. The number of carbonyl (C=O) groups is 2. The van der Waals surface area contributed by atoms with E-state index in [1.54, 1.807) is 13.0 Å². The van der Waals surface area contributed by atoms with Gasteiger partial charge < -0.3 is 14.8 Å². The maximum absolute atomic E-state index is 12.8. The number of aryl methyl sites for hydroxylation is 1. The van der Waals surface area contributed by atoms with Crippen LogP contribution in [0, 0.1) is 6.92 Å². The number of rotatable bonds is 6. The Morgan fingerprint density at radius 2 is 1.85 bits per heavy atom. The summed E-state index contributed by atoms with van der Waals surface area (Å²) in [6.07, 6.45) is 8.06. The van der Waals surface area contributed by atoms with Gasteiger partial charge in [-0.05, 0) is 76.1 Å². The first kappa shape index (κ1) is 18.7. The minimum Gasteiger partial charge on any atom is -0.490 e. The first-order valence-corrected chi connectivity index (χ1v) is 9.81. The van der Waals surface area contributed by atoms with Crippen LogP contribution < -0.4 is 10.1 Å². The summed E-state index contributed by atoms with van der Waals surface area (Å²) in [4.78, 5) is 25.2. The molecule has 1 aromatic rings. The zero-order valence-corrected chi connectivity index (χ0v) is 15.8. The van der Waals surface area contributed by atoms with Crippen molar-refractivity contribution in [2.45, 2.75) is 76.9 Å². The Morgan fingerprint density at radius 1 is 1.15 bits per heavy atom. The highest BCUT2D eigenvalue weighted by molar-refractivity contribution is 5.98. The summed E-state index contributed by atoms with van der Waals surface area (Å²) in [5.41, 5.74) is 0.623. The van der Waals surface area contributed by atoms with Crippen molar-refractivity contribution >= 4 is 11.9 Å². The molecule has 2 aliphatic rings. The SMILES string of the molecule is CCOC(=O)C1(NC(=O)c2ccc(OC3CCCC3)c(C)c2)CCCC1. The van der Waals surface area contributed by atoms with Crippen molar-refractivity contribution in [2.75, 3.05) is 6.61 Å². The van der Waals surface area contributed by atoms with Gasteiger partial charge >= 0.3 is 5.97 Å². The molecule has 142 valence electrons. The number of amides is 1. The minimum atomic E-state index is -0.875. The van der Waals surface area contributed by atoms with Gasteiger partial charge in [0.25, 0.3) is 5.91 Å². The Hall–Kier alpha value is -2.04. The van der Waals surface area contributed by atoms with Gasteiger partial charge in [0.15, 0.2) is 0 Å². The van der Waals surface area contributed by atoms with Gasteiger partial charge in [-0.2, -0.15) is 0 Å². The molecule has 0 unspecified atom stereocenters. The fourth-order valence-corrected chi connectivity index (χ4v) is 4.03. The largest absolute Gasteiger partial charge is 0.490 e. The highest BCUT2D eigenvalue weighted by Crippen LogP contribution is 2.32. The number of hydrogen-bond acceptors (Lipinski definition) is 4. The van der Waals surface area contributed by atoms with Crippen LogP contribution in [0.4, 0.5) is 0 Å². The summed E-state index contributed by atoms with van der Waals surface area (Å²) >= 11 is 0. The van der Waals surface area contributed by atoms with Crippen molar-refractivity contribution in [3.63, 3.8) is 0 Å². The van der Waals surface area contributed by atoms with Crippen LogP contribution in [0.15, 0.2) is 18.2 Å². The molecule has 1 N–H and O–H groups in total. The molecule has 5 nitrogen and oxygen atoms in total. The lowest BCUT2D eigenvalue weighted by Gasteiger charge is -2.28. The highest BCUT2D eigenvalue weighted by Gasteiger charge is 2.44. The van der Waals surface area contributed by atoms with E-state index in [0.717, 1.165) is 37.0 Å². The lowest BCUT2D eigenvalue weighted by Crippen LogP contribution is -2.53. The lowest BCUT2D eigenvalue weighted by atomic mass is 9.96. The van der Waals surface area contributed by atoms with Crippen LogP contribution in [-0.4, -0.2) is 30.1 Å². The molecule has 2 saturated carbocycles. The van der Waals surface area contributed by atoms with E-state index < -0.39 is 5.54 Å². The van der Waals surface area contributed by atoms with Crippen LogP contribution in [-0.2, 0) is 9.53 Å². The number of benzene rings is 1. The third-order valence-corrected chi connectivity index (χ3v) is 5.51. The quantitative estimate of drug-likeness (QED) is 0.782. The third kappa shape index (κ3) is 4.02. The van der Waals surface area contributed by atoms with Crippen molar-refractivity contribution in [3.8, 4) is 5.75 Å². The molecule has 3 rings (SSSR count). The molecule has 0 aromatic heterocycles. The van der Waals surface area contributed by atoms with Crippen LogP contribution in [0.5, 0.6) is 5.75 Å². The van der Waals surface area contributed by atoms with Crippen LogP contribution in [0.25, 0.3) is 0 Å². The standard InChI is InChI=1S/C21H29NO4/c1-3-25-20(24)21(12-6-7-13-21)22-19(23)16-10-11-18(15(2)14-16)26-17-8-4-5-9-17/h10-11,14,17H,3-9,12-13H2,1-2H3,(H,22,23). The van der Waals surface area contributed by atoms with E-state index in [2.05, 4.69) is 5.32 Å². The summed E-state index contributed by atoms with van der Waals surface area (Å²) in [6.45, 7) is 4.06. The second-order valence-electron chi connectivity index (χ2n) is 7.47. The average Bonchev–Trinajstić information content (AvgIpc) is 3.29. The zero-order valence-electron chi connectivity index (χ0n) is 15.8. The second-order valence-corrected chi connectivity index (χ2v) is 7.47. The third-order valence-electron chi connectivity index (χ3n) is 5.51. The molecule has 1 aromatic carbocycles. The molecular formula is C21H29NO4. The smallest absolute Gasteiger partial charge is 0.331 e. The van der Waals surface area contributed by atoms with Crippen molar-refractivity contribution in [3.05, 3.63) is 29.3 Å². The summed E-state index contributed by atoms with van der Waals surface area (Å²) in [5, 5.41) is 2.96. The molecule has 1 amide bonds. The van der Waals surface area contributed by atoms with Crippen LogP contribution >= 0.6 is 0 Å². The van der Waals surface area contributed by atoms with Crippen molar-refractivity contribution in [1.29, 1.82) is 0 Å². The van der Waals surface area contributed by atoms with Gasteiger partial charge in [-0.25, -0.2) is 4.79 Å². The number of nitrogens with one attached hydrogen (secondary N) is 1. The Bertz CT molecular complexity index is 658. The molecule has 0 bridgehead atoms. The number of hydrogen-bond donors (Lipinski definition) is 1. The van der Waals surface area contributed by atoms with Gasteiger partial charge in [0, 0.05) is 5.56 Å². The fourth-order valence-electron chi connectivity index (χ4n) is 4.03. The van der Waals surface area contributed by atoms with E-state index in [9.17, 15) is 9.59 Å². The summed E-state index contributed by atoms with van der Waals surface area (Å²) in [5.74, 6) is 0.300. The Morgan fingerprint density at radius 3 is 2.46 bits per heavy atom. The van der Waals surface area contributed by atoms with Crippen LogP contribution in [0.1, 0.15) is 74.2 Å². The maximum atomic E-state index is 12.8. The van der Waals surface area contributed by atoms with Crippen LogP contribution in [0.2, 0.25) is 0 Å². The van der Waals surface area contributed by atoms with E-state index in [1.165, 1.54) is 12.8 Å². The topological polar surface area (TPSA) is 64.6 Å². The molecular weight excluding hydrogens is 330 g/mol. The molecule has 5 heteroatoms. The fraction of sp³-hybridized carbons (Fsp3) is 0.619. The lowest BCUT2D eigenvalue weighted by molar-refractivity contribution is -0.150. The Labute approximate surface area is 155 Å². The van der Waals surface area contributed by atoms with E-state index in [0.29, 0.717) is 31.1 Å². The van der Waals surface area contributed by atoms with E-state index >= 15 is 0 Å². The molecule has 0 radical (unpaired) electrons. The predicted octanol–water partition coefficient (Wildman–Crippen LogP) is 3.92. The summed E-state index contributed by atoms with van der Waals surface area (Å²) in [7, 11) is 0. The first-order chi connectivity index (χ1) is 12.5. The Kier molecular flexibility index (Phi) is 5.84. The number of carbonyl (C=O) groups excluding carboxylic acids is 2. The molecule has 0 atom stereocenters. The van der Waals surface area contributed by atoms with E-state index in [1.807, 2.05) is 19.1 Å². The molecule has 0 heterocycles. The van der Waals surface area contributed by atoms with Gasteiger partial charge in [0.1, 0.15) is 11.3 Å². The average molecular weight is 359 g/mol. The summed E-state index contributed by atoms with van der Waals surface area (Å²) in [6, 6.07) is 5.49. The second kappa shape index (κ2) is 8.11.